The molecule has 4 aromatic rings. The van der Waals surface area contributed by atoms with E-state index in [1.807, 2.05) is 91.9 Å². The Bertz CT molecular complexity index is 1510. The minimum absolute atomic E-state index is 0.0699. The summed E-state index contributed by atoms with van der Waals surface area (Å²) in [5, 5.41) is 22.1. The van der Waals surface area contributed by atoms with Crippen molar-refractivity contribution in [1.82, 2.24) is 10.2 Å². The second kappa shape index (κ2) is 15.5. The number of carbonyl (C=O) groups excluding carboxylic acids is 2. The van der Waals surface area contributed by atoms with Crippen molar-refractivity contribution in [2.45, 2.75) is 44.7 Å². The van der Waals surface area contributed by atoms with Gasteiger partial charge in [0.2, 0.25) is 0 Å². The Morgan fingerprint density at radius 3 is 1.93 bits per heavy atom. The predicted octanol–water partition coefficient (Wildman–Crippen LogP) is 6.15. The molecule has 0 bridgehead atoms. The van der Waals surface area contributed by atoms with Crippen LogP contribution in [-0.4, -0.2) is 52.1 Å². The molecule has 0 aliphatic rings. The van der Waals surface area contributed by atoms with Crippen molar-refractivity contribution in [3.63, 3.8) is 0 Å². The van der Waals surface area contributed by atoms with Gasteiger partial charge >= 0.3 is 5.97 Å². The molecule has 0 fully saturated rings. The first kappa shape index (κ1) is 31.2. The van der Waals surface area contributed by atoms with Gasteiger partial charge in [0.1, 0.15) is 0 Å². The average Bonchev–Trinajstić information content (AvgIpc) is 3.04. The Hall–Kier alpha value is -4.75. The van der Waals surface area contributed by atoms with Crippen LogP contribution >= 0.6 is 0 Å². The number of amides is 2. The average molecular weight is 579 g/mol. The molecule has 0 heterocycles. The van der Waals surface area contributed by atoms with E-state index in [4.69, 9.17) is 0 Å². The summed E-state index contributed by atoms with van der Waals surface area (Å²) in [6.45, 7) is 1.92. The van der Waals surface area contributed by atoms with Gasteiger partial charge in [0.25, 0.3) is 11.8 Å². The Labute approximate surface area is 252 Å². The van der Waals surface area contributed by atoms with Gasteiger partial charge in [0, 0.05) is 30.3 Å². The van der Waals surface area contributed by atoms with Gasteiger partial charge in [0.05, 0.1) is 12.5 Å². The molecule has 0 aromatic heterocycles. The van der Waals surface area contributed by atoms with Gasteiger partial charge in [-0.25, -0.2) is 0 Å². The van der Waals surface area contributed by atoms with E-state index < -0.39 is 5.97 Å². The van der Waals surface area contributed by atoms with E-state index in [-0.39, 0.29) is 43.5 Å². The van der Waals surface area contributed by atoms with Gasteiger partial charge in [-0.15, -0.1) is 0 Å². The third kappa shape index (κ3) is 8.40. The molecule has 4 rings (SSSR count). The maximum absolute atomic E-state index is 14.1. The van der Waals surface area contributed by atoms with Crippen LogP contribution in [0.25, 0.3) is 11.1 Å². The minimum Gasteiger partial charge on any atom is -0.481 e. The topological polar surface area (TPSA) is 107 Å². The minimum atomic E-state index is -0.973. The third-order valence-corrected chi connectivity index (χ3v) is 7.60. The van der Waals surface area contributed by atoms with Crippen LogP contribution in [0.4, 0.5) is 0 Å². The fourth-order valence-electron chi connectivity index (χ4n) is 5.26. The summed E-state index contributed by atoms with van der Waals surface area (Å²) >= 11 is 0. The lowest BCUT2D eigenvalue weighted by Crippen LogP contribution is -2.40. The number of aliphatic hydroxyl groups excluding tert-OH is 1. The summed E-state index contributed by atoms with van der Waals surface area (Å²) in [7, 11) is 0. The smallest absolute Gasteiger partial charge is 0.305 e. The second-order valence-electron chi connectivity index (χ2n) is 10.6. The molecule has 0 aliphatic carbocycles. The molecule has 7 nitrogen and oxygen atoms in total. The molecular formula is C36H38N2O5. The van der Waals surface area contributed by atoms with Crippen LogP contribution in [0.1, 0.15) is 64.1 Å². The van der Waals surface area contributed by atoms with Crippen molar-refractivity contribution in [2.75, 3.05) is 13.2 Å². The maximum Gasteiger partial charge on any atom is 0.305 e. The van der Waals surface area contributed by atoms with Gasteiger partial charge < -0.3 is 20.4 Å². The molecule has 0 aliphatic heterocycles. The molecule has 4 aromatic carbocycles. The Morgan fingerprint density at radius 1 is 0.744 bits per heavy atom. The van der Waals surface area contributed by atoms with E-state index in [0.29, 0.717) is 35.1 Å². The van der Waals surface area contributed by atoms with Crippen molar-refractivity contribution in [3.05, 3.63) is 131 Å². The number of benzene rings is 4. The summed E-state index contributed by atoms with van der Waals surface area (Å²) in [6.07, 6.45) is 1.60. The lowest BCUT2D eigenvalue weighted by molar-refractivity contribution is -0.137. The van der Waals surface area contributed by atoms with Crippen molar-refractivity contribution in [2.24, 2.45) is 0 Å². The zero-order valence-electron chi connectivity index (χ0n) is 24.4. The number of nitrogens with zero attached hydrogens (tertiary/aromatic N) is 1. The number of rotatable bonds is 14. The summed E-state index contributed by atoms with van der Waals surface area (Å²) < 4.78 is 0. The molecule has 2 amide bonds. The molecule has 43 heavy (non-hydrogen) atoms. The van der Waals surface area contributed by atoms with Crippen LogP contribution in [0.2, 0.25) is 0 Å². The fraction of sp³-hybridized carbons (Fsp3) is 0.250. The Kier molecular flexibility index (Phi) is 11.2. The van der Waals surface area contributed by atoms with Crippen LogP contribution in [0.15, 0.2) is 109 Å². The standard InChI is InChI=1S/C36H38N2O5/c1-26(20-21-27-12-4-2-5-13-27)38(24-22-34(40)41)36(43)32-19-11-9-17-30(32)29-16-8-10-18-31(29)35(42)37-33(23-25-39)28-14-6-3-7-15-28/h2-19,26,33,39H,20-25H2,1H3,(H,37,42)(H,40,41). The normalized spacial score (nSPS) is 12.2. The Balaban J connectivity index is 1.64. The van der Waals surface area contributed by atoms with Crippen molar-refractivity contribution >= 4 is 17.8 Å². The van der Waals surface area contributed by atoms with Gasteiger partial charge in [-0.1, -0.05) is 97.1 Å². The molecule has 0 radical (unpaired) electrons. The molecule has 0 saturated carbocycles. The summed E-state index contributed by atoms with van der Waals surface area (Å²) in [5.41, 5.74) is 4.01. The first-order valence-electron chi connectivity index (χ1n) is 14.6. The molecule has 7 heteroatoms. The highest BCUT2D eigenvalue weighted by molar-refractivity contribution is 6.06. The predicted molar refractivity (Wildman–Crippen MR) is 168 cm³/mol. The number of carboxylic acids is 1. The van der Waals surface area contributed by atoms with Crippen LogP contribution < -0.4 is 5.32 Å². The number of aliphatic hydroxyl groups is 1. The van der Waals surface area contributed by atoms with Crippen LogP contribution in [0.5, 0.6) is 0 Å². The van der Waals surface area contributed by atoms with E-state index >= 15 is 0 Å². The summed E-state index contributed by atoms with van der Waals surface area (Å²) in [5.74, 6) is -1.58. The van der Waals surface area contributed by atoms with E-state index in [0.717, 1.165) is 17.5 Å². The third-order valence-electron chi connectivity index (χ3n) is 7.60. The number of hydrogen-bond donors (Lipinski definition) is 3. The van der Waals surface area contributed by atoms with E-state index in [9.17, 15) is 24.6 Å². The SMILES string of the molecule is CC(CCc1ccccc1)N(CCC(=O)O)C(=O)c1ccccc1-c1ccccc1C(=O)NC(CCO)c1ccccc1. The summed E-state index contributed by atoms with van der Waals surface area (Å²) in [6, 6.07) is 33.1. The molecular weight excluding hydrogens is 540 g/mol. The molecule has 222 valence electrons. The lowest BCUT2D eigenvalue weighted by Gasteiger charge is -2.30. The van der Waals surface area contributed by atoms with Crippen LogP contribution in [0.3, 0.4) is 0 Å². The number of carbonyl (C=O) groups is 3. The molecule has 3 N–H and O–H groups in total. The summed E-state index contributed by atoms with van der Waals surface area (Å²) in [4.78, 5) is 40.9. The van der Waals surface area contributed by atoms with E-state index in [1.54, 1.807) is 29.2 Å². The first-order valence-corrected chi connectivity index (χ1v) is 14.6. The van der Waals surface area contributed by atoms with Gasteiger partial charge in [-0.2, -0.15) is 0 Å². The highest BCUT2D eigenvalue weighted by Gasteiger charge is 2.26. The van der Waals surface area contributed by atoms with Gasteiger partial charge in [0.15, 0.2) is 0 Å². The van der Waals surface area contributed by atoms with Crippen molar-refractivity contribution < 1.29 is 24.6 Å². The van der Waals surface area contributed by atoms with E-state index in [2.05, 4.69) is 5.32 Å². The number of nitrogens with one attached hydrogen (secondary N) is 1. The molecule has 2 unspecified atom stereocenters. The monoisotopic (exact) mass is 578 g/mol. The van der Waals surface area contributed by atoms with Gasteiger partial charge in [-0.05, 0) is 60.6 Å². The number of hydrogen-bond acceptors (Lipinski definition) is 4. The van der Waals surface area contributed by atoms with E-state index in [1.165, 1.54) is 0 Å². The fourth-order valence-corrected chi connectivity index (χ4v) is 5.26. The first-order chi connectivity index (χ1) is 20.9. The van der Waals surface area contributed by atoms with Crippen molar-refractivity contribution in [3.8, 4) is 11.1 Å². The highest BCUT2D eigenvalue weighted by atomic mass is 16.4. The second-order valence-corrected chi connectivity index (χ2v) is 10.6. The molecule has 2 atom stereocenters. The largest absolute Gasteiger partial charge is 0.481 e. The maximum atomic E-state index is 14.1. The quantitative estimate of drug-likeness (QED) is 0.167. The zero-order chi connectivity index (χ0) is 30.6. The number of carboxylic acid groups (broad SMARTS) is 1. The zero-order valence-corrected chi connectivity index (χ0v) is 24.4. The Morgan fingerprint density at radius 2 is 1.30 bits per heavy atom. The van der Waals surface area contributed by atoms with Crippen molar-refractivity contribution in [1.29, 1.82) is 0 Å². The van der Waals surface area contributed by atoms with Gasteiger partial charge in [-0.3, -0.25) is 14.4 Å². The lowest BCUT2D eigenvalue weighted by atomic mass is 9.93. The van der Waals surface area contributed by atoms with Crippen LogP contribution in [0, 0.1) is 0 Å². The molecule has 0 saturated heterocycles. The molecule has 0 spiro atoms. The van der Waals surface area contributed by atoms with Crippen LogP contribution in [-0.2, 0) is 11.2 Å². The number of aryl methyl sites for hydroxylation is 1. The highest BCUT2D eigenvalue weighted by Crippen LogP contribution is 2.30. The number of aliphatic carboxylic acids is 1.